The maximum Gasteiger partial charge on any atom is 0.410 e. The summed E-state index contributed by atoms with van der Waals surface area (Å²) >= 11 is 0. The highest BCUT2D eigenvalue weighted by atomic mass is 16.6. The number of ether oxygens (including phenoxy) is 1. The summed E-state index contributed by atoms with van der Waals surface area (Å²) in [4.78, 5) is 13.9. The zero-order chi connectivity index (χ0) is 15.0. The van der Waals surface area contributed by atoms with Crippen LogP contribution in [0.5, 0.6) is 0 Å². The Bertz CT molecular complexity index is 321. The van der Waals surface area contributed by atoms with Crippen molar-refractivity contribution in [2.75, 3.05) is 26.2 Å². The molecule has 0 aromatic carbocycles. The van der Waals surface area contributed by atoms with Gasteiger partial charge in [0, 0.05) is 13.1 Å². The lowest BCUT2D eigenvalue weighted by molar-refractivity contribution is 0.0166. The molecule has 1 atom stereocenters. The van der Waals surface area contributed by atoms with Gasteiger partial charge in [-0.3, -0.25) is 0 Å². The topological polar surface area (TPSA) is 41.6 Å². The number of nitrogens with one attached hydrogen (secondary N) is 1. The molecule has 0 bridgehead atoms. The molecular formula is C16H30N2O2. The monoisotopic (exact) mass is 282 g/mol. The molecule has 1 aliphatic heterocycles. The van der Waals surface area contributed by atoms with Gasteiger partial charge in [0.25, 0.3) is 0 Å². The molecule has 1 saturated heterocycles. The number of carbonyl (C=O) groups excluding carboxylic acids is 1. The highest BCUT2D eigenvalue weighted by molar-refractivity contribution is 5.68. The third kappa shape index (κ3) is 6.94. The van der Waals surface area contributed by atoms with Crippen LogP contribution in [0.3, 0.4) is 0 Å². The summed E-state index contributed by atoms with van der Waals surface area (Å²) < 4.78 is 5.44. The Morgan fingerprint density at radius 3 is 2.85 bits per heavy atom. The normalized spacial score (nSPS) is 20.4. The third-order valence-electron chi connectivity index (χ3n) is 3.33. The molecule has 1 aliphatic rings. The summed E-state index contributed by atoms with van der Waals surface area (Å²) in [5.74, 6) is 0.543. The minimum Gasteiger partial charge on any atom is -0.444 e. The highest BCUT2D eigenvalue weighted by Gasteiger charge is 2.27. The molecule has 4 heteroatoms. The van der Waals surface area contributed by atoms with Gasteiger partial charge in [-0.05, 0) is 66.0 Å². The molecule has 1 fully saturated rings. The van der Waals surface area contributed by atoms with E-state index in [-0.39, 0.29) is 6.09 Å². The Labute approximate surface area is 123 Å². The first-order valence-corrected chi connectivity index (χ1v) is 7.72. The van der Waals surface area contributed by atoms with Gasteiger partial charge in [-0.1, -0.05) is 12.2 Å². The van der Waals surface area contributed by atoms with Gasteiger partial charge in [-0.25, -0.2) is 4.79 Å². The smallest absolute Gasteiger partial charge is 0.410 e. The fraction of sp³-hybridized carbons (Fsp3) is 0.812. The molecule has 0 radical (unpaired) electrons. The molecule has 116 valence electrons. The molecule has 0 saturated carbocycles. The molecule has 1 N–H and O–H groups in total. The summed E-state index contributed by atoms with van der Waals surface area (Å²) in [6, 6.07) is 0. The third-order valence-corrected chi connectivity index (χ3v) is 3.33. The minimum absolute atomic E-state index is 0.170. The van der Waals surface area contributed by atoms with Crippen molar-refractivity contribution in [2.24, 2.45) is 5.92 Å². The summed E-state index contributed by atoms with van der Waals surface area (Å²) in [5.41, 5.74) is -0.408. The van der Waals surface area contributed by atoms with Crippen LogP contribution in [0.2, 0.25) is 0 Å². The number of hydrogen-bond donors (Lipinski definition) is 1. The largest absolute Gasteiger partial charge is 0.444 e. The molecule has 1 rings (SSSR count). The van der Waals surface area contributed by atoms with Crippen LogP contribution in [0, 0.1) is 5.92 Å². The Morgan fingerprint density at radius 2 is 2.20 bits per heavy atom. The van der Waals surface area contributed by atoms with Crippen LogP contribution in [0.4, 0.5) is 4.79 Å². The lowest BCUT2D eigenvalue weighted by Gasteiger charge is -2.34. The van der Waals surface area contributed by atoms with Crippen molar-refractivity contribution in [2.45, 2.75) is 52.6 Å². The summed E-state index contributed by atoms with van der Waals surface area (Å²) in [6.07, 6.45) is 7.40. The summed E-state index contributed by atoms with van der Waals surface area (Å²) in [5, 5.41) is 3.47. The number of rotatable bonds is 5. The zero-order valence-corrected chi connectivity index (χ0v) is 13.4. The average molecular weight is 282 g/mol. The van der Waals surface area contributed by atoms with Crippen molar-refractivity contribution < 1.29 is 9.53 Å². The van der Waals surface area contributed by atoms with E-state index >= 15 is 0 Å². The van der Waals surface area contributed by atoms with Crippen molar-refractivity contribution >= 4 is 6.09 Å². The molecule has 1 unspecified atom stereocenters. The van der Waals surface area contributed by atoms with Gasteiger partial charge in [0.1, 0.15) is 5.60 Å². The van der Waals surface area contributed by atoms with Gasteiger partial charge in [-0.2, -0.15) is 0 Å². The first-order valence-electron chi connectivity index (χ1n) is 7.72. The molecule has 0 aromatic heterocycles. The van der Waals surface area contributed by atoms with E-state index < -0.39 is 5.60 Å². The maximum atomic E-state index is 12.0. The van der Waals surface area contributed by atoms with Gasteiger partial charge >= 0.3 is 6.09 Å². The fourth-order valence-corrected chi connectivity index (χ4v) is 2.38. The second kappa shape index (κ2) is 8.30. The van der Waals surface area contributed by atoms with E-state index in [1.807, 2.05) is 32.6 Å². The molecule has 20 heavy (non-hydrogen) atoms. The Hall–Kier alpha value is -1.03. The first-order chi connectivity index (χ1) is 9.42. The van der Waals surface area contributed by atoms with Crippen molar-refractivity contribution in [3.63, 3.8) is 0 Å². The lowest BCUT2D eigenvalue weighted by atomic mass is 9.98. The Balaban J connectivity index is 2.29. The maximum absolute atomic E-state index is 12.0. The van der Waals surface area contributed by atoms with E-state index in [1.54, 1.807) is 0 Å². The standard InChI is InChI=1S/C16H30N2O2/c1-5-6-7-10-17-12-14-9-8-11-18(13-14)15(19)20-16(2,3)4/h5-6,14,17H,7-13H2,1-4H3/b6-5+. The molecule has 0 spiro atoms. The summed E-state index contributed by atoms with van der Waals surface area (Å²) in [7, 11) is 0. The van der Waals surface area contributed by atoms with E-state index in [1.165, 1.54) is 6.42 Å². The zero-order valence-electron chi connectivity index (χ0n) is 13.4. The molecule has 1 heterocycles. The quantitative estimate of drug-likeness (QED) is 0.622. The van der Waals surface area contributed by atoms with Crippen LogP contribution >= 0.6 is 0 Å². The number of allylic oxidation sites excluding steroid dienone is 1. The number of carbonyl (C=O) groups is 1. The molecule has 1 amide bonds. The molecular weight excluding hydrogens is 252 g/mol. The fourth-order valence-electron chi connectivity index (χ4n) is 2.38. The van der Waals surface area contributed by atoms with Gasteiger partial charge in [0.15, 0.2) is 0 Å². The van der Waals surface area contributed by atoms with Crippen molar-refractivity contribution in [3.8, 4) is 0 Å². The van der Waals surface area contributed by atoms with E-state index in [0.717, 1.165) is 39.0 Å². The van der Waals surface area contributed by atoms with Crippen LogP contribution in [-0.4, -0.2) is 42.8 Å². The Kier molecular flexibility index (Phi) is 7.06. The van der Waals surface area contributed by atoms with Gasteiger partial charge < -0.3 is 15.0 Å². The van der Waals surface area contributed by atoms with Crippen molar-refractivity contribution in [3.05, 3.63) is 12.2 Å². The molecule has 0 aliphatic carbocycles. The second-order valence-corrected chi connectivity index (χ2v) is 6.50. The molecule has 4 nitrogen and oxygen atoms in total. The van der Waals surface area contributed by atoms with Gasteiger partial charge in [-0.15, -0.1) is 0 Å². The number of hydrogen-bond acceptors (Lipinski definition) is 3. The average Bonchev–Trinajstić information content (AvgIpc) is 2.37. The number of likely N-dealkylation sites (tertiary alicyclic amines) is 1. The van der Waals surface area contributed by atoms with E-state index in [9.17, 15) is 4.79 Å². The predicted molar refractivity (Wildman–Crippen MR) is 82.8 cm³/mol. The number of piperidine rings is 1. The highest BCUT2D eigenvalue weighted by Crippen LogP contribution is 2.18. The SMILES string of the molecule is C/C=C/CCNCC1CCCN(C(=O)OC(C)(C)C)C1. The van der Waals surface area contributed by atoms with Crippen molar-refractivity contribution in [1.82, 2.24) is 10.2 Å². The van der Waals surface area contributed by atoms with Crippen LogP contribution in [0.1, 0.15) is 47.0 Å². The van der Waals surface area contributed by atoms with E-state index in [2.05, 4.69) is 17.5 Å². The minimum atomic E-state index is -0.408. The van der Waals surface area contributed by atoms with Crippen LogP contribution in [0.25, 0.3) is 0 Å². The van der Waals surface area contributed by atoms with Crippen LogP contribution < -0.4 is 5.32 Å². The van der Waals surface area contributed by atoms with Gasteiger partial charge in [0.2, 0.25) is 0 Å². The number of nitrogens with zero attached hydrogens (tertiary/aromatic N) is 1. The van der Waals surface area contributed by atoms with Crippen LogP contribution in [0.15, 0.2) is 12.2 Å². The predicted octanol–water partition coefficient (Wildman–Crippen LogP) is 3.19. The second-order valence-electron chi connectivity index (χ2n) is 6.50. The Morgan fingerprint density at radius 1 is 1.45 bits per heavy atom. The van der Waals surface area contributed by atoms with Gasteiger partial charge in [0.05, 0.1) is 0 Å². The van der Waals surface area contributed by atoms with Crippen molar-refractivity contribution in [1.29, 1.82) is 0 Å². The van der Waals surface area contributed by atoms with Crippen LogP contribution in [-0.2, 0) is 4.74 Å². The van der Waals surface area contributed by atoms with E-state index in [4.69, 9.17) is 4.74 Å². The summed E-state index contributed by atoms with van der Waals surface area (Å²) in [6.45, 7) is 11.4. The lowest BCUT2D eigenvalue weighted by Crippen LogP contribution is -2.45. The van der Waals surface area contributed by atoms with E-state index in [0.29, 0.717) is 5.92 Å². The number of amides is 1. The molecule has 0 aromatic rings. The first kappa shape index (κ1) is 17.0.